The van der Waals surface area contributed by atoms with Gasteiger partial charge in [-0.05, 0) is 30.1 Å². The molecule has 6 heteroatoms. The molecular weight excluding hydrogens is 357 g/mol. The van der Waals surface area contributed by atoms with Gasteiger partial charge in [-0.25, -0.2) is 0 Å². The van der Waals surface area contributed by atoms with Gasteiger partial charge in [0.15, 0.2) is 4.33 Å². The third-order valence-electron chi connectivity index (χ3n) is 5.12. The molecule has 0 aromatic rings. The number of rotatable bonds is 0. The van der Waals surface area contributed by atoms with Gasteiger partial charge in [-0.15, -0.1) is 23.2 Å². The summed E-state index contributed by atoms with van der Waals surface area (Å²) in [6.45, 7) is 0. The number of alkyl halides is 4. The van der Waals surface area contributed by atoms with Gasteiger partial charge in [0, 0.05) is 0 Å². The number of hydrogen-bond acceptors (Lipinski definition) is 0. The topological polar surface area (TPSA) is 0 Å². The quantitative estimate of drug-likeness (QED) is 0.312. The maximum atomic E-state index is 6.76. The van der Waals surface area contributed by atoms with E-state index < -0.39 is 14.1 Å². The monoisotopic (exact) mass is 362 g/mol. The molecule has 0 saturated heterocycles. The molecule has 18 heavy (non-hydrogen) atoms. The van der Waals surface area contributed by atoms with Gasteiger partial charge in [-0.2, -0.15) is 0 Å². The molecule has 0 radical (unpaired) electrons. The van der Waals surface area contributed by atoms with Gasteiger partial charge < -0.3 is 0 Å². The molecule has 0 aromatic heterocycles. The number of hydrogen-bond donors (Lipinski definition) is 0. The van der Waals surface area contributed by atoms with Crippen molar-refractivity contribution in [3.8, 4) is 0 Å². The van der Waals surface area contributed by atoms with E-state index in [-0.39, 0.29) is 11.8 Å². The molecule has 4 bridgehead atoms. The van der Waals surface area contributed by atoms with Gasteiger partial charge in [0.2, 0.25) is 0 Å². The second-order valence-corrected chi connectivity index (χ2v) is 8.90. The lowest BCUT2D eigenvalue weighted by Crippen LogP contribution is -2.46. The van der Waals surface area contributed by atoms with Crippen LogP contribution in [0.1, 0.15) is 6.42 Å². The van der Waals surface area contributed by atoms with Gasteiger partial charge in [0.25, 0.3) is 0 Å². The van der Waals surface area contributed by atoms with Crippen molar-refractivity contribution in [1.82, 2.24) is 0 Å². The van der Waals surface area contributed by atoms with Crippen LogP contribution in [-0.4, -0.2) is 14.1 Å². The molecule has 0 heterocycles. The lowest BCUT2D eigenvalue weighted by Gasteiger charge is -2.37. The zero-order chi connectivity index (χ0) is 13.1. The summed E-state index contributed by atoms with van der Waals surface area (Å²) < 4.78 is -1.37. The standard InChI is InChI=1S/C12H8Cl6/c13-8-9(14)11(16)7-5-2-1-4(3-5)6(7)10(8,15)12(11,17)18/h1-2,4-7H,3H2/t4-,5?,6+,7-,10+,11?/m0/s1. The molecule has 0 N–H and O–H groups in total. The average Bonchev–Trinajstić information content (AvgIpc) is 2.97. The minimum absolute atomic E-state index is 0.0664. The molecule has 2 saturated carbocycles. The molecule has 4 aliphatic rings. The number of allylic oxidation sites excluding steroid dienone is 4. The Bertz CT molecular complexity index is 481. The summed E-state index contributed by atoms with van der Waals surface area (Å²) in [6, 6.07) is 0. The van der Waals surface area contributed by atoms with Crippen molar-refractivity contribution < 1.29 is 0 Å². The fraction of sp³-hybridized carbons (Fsp3) is 0.667. The summed E-state index contributed by atoms with van der Waals surface area (Å²) >= 11 is 39.2. The van der Waals surface area contributed by atoms with Crippen molar-refractivity contribution in [2.24, 2.45) is 23.7 Å². The van der Waals surface area contributed by atoms with Crippen LogP contribution in [0.4, 0.5) is 0 Å². The summed E-state index contributed by atoms with van der Waals surface area (Å²) in [5.41, 5.74) is 0. The summed E-state index contributed by atoms with van der Waals surface area (Å²) in [5, 5.41) is 0.654. The second kappa shape index (κ2) is 3.34. The molecule has 0 nitrogen and oxygen atoms in total. The van der Waals surface area contributed by atoms with Gasteiger partial charge in [0.05, 0.1) is 10.1 Å². The van der Waals surface area contributed by atoms with Crippen LogP contribution >= 0.6 is 69.6 Å². The van der Waals surface area contributed by atoms with Crippen LogP contribution in [0.15, 0.2) is 22.2 Å². The van der Waals surface area contributed by atoms with E-state index in [0.717, 1.165) is 6.42 Å². The van der Waals surface area contributed by atoms with Crippen molar-refractivity contribution >= 4 is 69.6 Å². The van der Waals surface area contributed by atoms with E-state index in [2.05, 4.69) is 12.2 Å². The Morgan fingerprint density at radius 1 is 0.833 bits per heavy atom. The summed E-state index contributed by atoms with van der Waals surface area (Å²) in [6.07, 6.45) is 5.40. The molecule has 6 atom stereocenters. The van der Waals surface area contributed by atoms with Crippen molar-refractivity contribution in [2.75, 3.05) is 0 Å². The van der Waals surface area contributed by atoms with Gasteiger partial charge in [-0.1, -0.05) is 58.6 Å². The molecule has 0 aliphatic heterocycles. The summed E-state index contributed by atoms with van der Waals surface area (Å²) in [4.78, 5) is -2.13. The van der Waals surface area contributed by atoms with Crippen molar-refractivity contribution in [1.29, 1.82) is 0 Å². The van der Waals surface area contributed by atoms with Gasteiger partial charge in [0.1, 0.15) is 9.75 Å². The first-order valence-electron chi connectivity index (χ1n) is 5.78. The lowest BCUT2D eigenvalue weighted by molar-refractivity contribution is 0.305. The van der Waals surface area contributed by atoms with Crippen LogP contribution in [0, 0.1) is 23.7 Å². The Morgan fingerprint density at radius 3 is 1.61 bits per heavy atom. The molecule has 2 unspecified atom stereocenters. The fourth-order valence-electron chi connectivity index (χ4n) is 4.48. The largest absolute Gasteiger partial charge is 0.166 e. The zero-order valence-electron chi connectivity index (χ0n) is 8.94. The van der Waals surface area contributed by atoms with E-state index in [1.54, 1.807) is 0 Å². The normalized spacial score (nSPS) is 58.8. The van der Waals surface area contributed by atoms with Crippen molar-refractivity contribution in [3.05, 3.63) is 22.2 Å². The van der Waals surface area contributed by atoms with Crippen molar-refractivity contribution in [3.63, 3.8) is 0 Å². The molecule has 4 aliphatic carbocycles. The molecule has 98 valence electrons. The maximum Gasteiger partial charge on any atom is 0.166 e. The second-order valence-electron chi connectivity index (χ2n) is 5.63. The molecule has 4 rings (SSSR count). The highest BCUT2D eigenvalue weighted by Crippen LogP contribution is 2.81. The third kappa shape index (κ3) is 0.973. The van der Waals surface area contributed by atoms with E-state index in [9.17, 15) is 0 Å². The highest BCUT2D eigenvalue weighted by atomic mass is 35.5. The van der Waals surface area contributed by atoms with E-state index in [0.29, 0.717) is 21.9 Å². The van der Waals surface area contributed by atoms with Crippen molar-refractivity contribution in [2.45, 2.75) is 20.5 Å². The third-order valence-corrected chi connectivity index (χ3v) is 9.42. The molecule has 0 amide bonds. The predicted molar refractivity (Wildman–Crippen MR) is 78.1 cm³/mol. The minimum Gasteiger partial charge on any atom is -0.109 e. The highest BCUT2D eigenvalue weighted by Gasteiger charge is 2.85. The summed E-state index contributed by atoms with van der Waals surface area (Å²) in [5.74, 6) is 0.815. The SMILES string of the molecule is ClC1=C(Cl)[C@]2(Cl)[C@@H]3[C@H]4C=CC(C4)[C@@H]3C1(Cl)C2(Cl)Cl. The first-order chi connectivity index (χ1) is 8.28. The van der Waals surface area contributed by atoms with Crippen LogP contribution in [0.5, 0.6) is 0 Å². The van der Waals surface area contributed by atoms with E-state index in [4.69, 9.17) is 69.6 Å². The predicted octanol–water partition coefficient (Wildman–Crippen LogP) is 5.27. The van der Waals surface area contributed by atoms with Crippen LogP contribution in [0.2, 0.25) is 0 Å². The molecular formula is C12H8Cl6. The number of fused-ring (bicyclic) bond motifs is 9. The minimum atomic E-state index is -1.37. The zero-order valence-corrected chi connectivity index (χ0v) is 13.5. The van der Waals surface area contributed by atoms with Crippen LogP contribution in [-0.2, 0) is 0 Å². The van der Waals surface area contributed by atoms with E-state index in [1.165, 1.54) is 0 Å². The molecule has 0 aromatic carbocycles. The fourth-order valence-corrected chi connectivity index (χ4v) is 7.61. The Kier molecular flexibility index (Phi) is 2.40. The Balaban J connectivity index is 2.03. The highest BCUT2D eigenvalue weighted by molar-refractivity contribution is 6.65. The van der Waals surface area contributed by atoms with Gasteiger partial charge >= 0.3 is 0 Å². The first-order valence-corrected chi connectivity index (χ1v) is 8.05. The van der Waals surface area contributed by atoms with E-state index >= 15 is 0 Å². The van der Waals surface area contributed by atoms with Crippen LogP contribution in [0.25, 0.3) is 0 Å². The Morgan fingerprint density at radius 2 is 1.22 bits per heavy atom. The lowest BCUT2D eigenvalue weighted by atomic mass is 9.75. The van der Waals surface area contributed by atoms with Crippen LogP contribution in [0.3, 0.4) is 0 Å². The Hall–Kier alpha value is 1.22. The first kappa shape index (κ1) is 12.9. The number of halogens is 6. The maximum absolute atomic E-state index is 6.76. The Labute approximate surface area is 135 Å². The smallest absolute Gasteiger partial charge is 0.109 e. The molecule has 2 fully saturated rings. The molecule has 0 spiro atoms. The average molecular weight is 365 g/mol. The van der Waals surface area contributed by atoms with E-state index in [1.807, 2.05) is 0 Å². The van der Waals surface area contributed by atoms with Crippen LogP contribution < -0.4 is 0 Å². The van der Waals surface area contributed by atoms with Gasteiger partial charge in [-0.3, -0.25) is 0 Å². The summed E-state index contributed by atoms with van der Waals surface area (Å²) in [7, 11) is 0.